The molecule has 0 aromatic rings. The van der Waals surface area contributed by atoms with Crippen LogP contribution in [0.25, 0.3) is 0 Å². The highest BCUT2D eigenvalue weighted by molar-refractivity contribution is 4.95. The van der Waals surface area contributed by atoms with E-state index in [9.17, 15) is 0 Å². The first-order valence-corrected chi connectivity index (χ1v) is 4.89. The lowest BCUT2D eigenvalue weighted by atomic mass is 9.94. The second kappa shape index (κ2) is 3.57. The predicted molar refractivity (Wildman–Crippen MR) is 49.7 cm³/mol. The van der Waals surface area contributed by atoms with Gasteiger partial charge >= 0.3 is 0 Å². The van der Waals surface area contributed by atoms with Crippen molar-refractivity contribution in [1.82, 2.24) is 5.32 Å². The van der Waals surface area contributed by atoms with Gasteiger partial charge in [0.1, 0.15) is 0 Å². The molecule has 1 fully saturated rings. The minimum Gasteiger partial charge on any atom is -0.316 e. The Kier molecular flexibility index (Phi) is 2.94. The van der Waals surface area contributed by atoms with E-state index < -0.39 is 0 Å². The van der Waals surface area contributed by atoms with Crippen LogP contribution in [0.15, 0.2) is 0 Å². The molecule has 0 aliphatic heterocycles. The predicted octanol–water partition coefficient (Wildman–Crippen LogP) is 2.42. The lowest BCUT2D eigenvalue weighted by Crippen LogP contribution is -2.24. The number of hydrogen-bond donors (Lipinski definition) is 1. The van der Waals surface area contributed by atoms with Crippen LogP contribution in [0.4, 0.5) is 0 Å². The van der Waals surface area contributed by atoms with E-state index in [2.05, 4.69) is 26.1 Å². The molecule has 1 saturated carbocycles. The second-order valence-electron chi connectivity index (χ2n) is 4.38. The summed E-state index contributed by atoms with van der Waals surface area (Å²) in [6.07, 6.45) is 4.33. The molecule has 0 aromatic carbocycles. The first-order chi connectivity index (χ1) is 5.18. The van der Waals surface area contributed by atoms with Crippen LogP contribution in [0, 0.1) is 11.3 Å². The molecule has 0 saturated heterocycles. The first kappa shape index (κ1) is 9.05. The number of nitrogens with one attached hydrogen (secondary N) is 1. The van der Waals surface area contributed by atoms with Crippen LogP contribution in [-0.4, -0.2) is 13.1 Å². The molecule has 0 spiro atoms. The van der Waals surface area contributed by atoms with Gasteiger partial charge in [0.25, 0.3) is 0 Å². The lowest BCUT2D eigenvalue weighted by molar-refractivity contribution is 0.370. The third kappa shape index (κ3) is 2.82. The molecule has 1 rings (SSSR count). The Balaban J connectivity index is 2.18. The summed E-state index contributed by atoms with van der Waals surface area (Å²) in [5, 5.41) is 3.46. The monoisotopic (exact) mass is 155 g/mol. The van der Waals surface area contributed by atoms with Crippen molar-refractivity contribution in [2.24, 2.45) is 11.3 Å². The van der Waals surface area contributed by atoms with Gasteiger partial charge in [-0.15, -0.1) is 0 Å². The molecule has 0 unspecified atom stereocenters. The molecule has 1 nitrogen and oxygen atoms in total. The van der Waals surface area contributed by atoms with E-state index in [1.54, 1.807) is 0 Å². The normalized spacial score (nSPS) is 20.7. The van der Waals surface area contributed by atoms with Gasteiger partial charge in [-0.2, -0.15) is 0 Å². The smallest absolute Gasteiger partial charge is 0.000780 e. The van der Waals surface area contributed by atoms with Gasteiger partial charge in [0.2, 0.25) is 0 Å². The molecular weight excluding hydrogens is 134 g/mol. The number of hydrogen-bond acceptors (Lipinski definition) is 1. The highest BCUT2D eigenvalue weighted by Gasteiger charge is 2.41. The molecule has 66 valence electrons. The Morgan fingerprint density at radius 2 is 2.00 bits per heavy atom. The summed E-state index contributed by atoms with van der Waals surface area (Å²) in [6.45, 7) is 9.21. The van der Waals surface area contributed by atoms with E-state index in [1.807, 2.05) is 0 Å². The Morgan fingerprint density at radius 3 is 2.36 bits per heavy atom. The Labute approximate surface area is 70.6 Å². The van der Waals surface area contributed by atoms with Gasteiger partial charge in [-0.3, -0.25) is 0 Å². The quantitative estimate of drug-likeness (QED) is 0.643. The summed E-state index contributed by atoms with van der Waals surface area (Å²) in [5.74, 6) is 0.871. The first-order valence-electron chi connectivity index (χ1n) is 4.89. The van der Waals surface area contributed by atoms with Gasteiger partial charge in [-0.25, -0.2) is 0 Å². The van der Waals surface area contributed by atoms with Crippen LogP contribution >= 0.6 is 0 Å². The third-order valence-electron chi connectivity index (χ3n) is 2.55. The molecule has 0 heterocycles. The molecule has 1 aliphatic rings. The maximum absolute atomic E-state index is 3.46. The second-order valence-corrected chi connectivity index (χ2v) is 4.38. The Bertz CT molecular complexity index is 114. The van der Waals surface area contributed by atoms with Crippen molar-refractivity contribution in [3.05, 3.63) is 0 Å². The van der Waals surface area contributed by atoms with Crippen LogP contribution in [0.5, 0.6) is 0 Å². The molecule has 0 amide bonds. The van der Waals surface area contributed by atoms with Crippen LogP contribution in [0.1, 0.15) is 40.0 Å². The van der Waals surface area contributed by atoms with E-state index in [0.29, 0.717) is 5.41 Å². The SMILES string of the molecule is CCNCC1(CC(C)C)CC1. The van der Waals surface area contributed by atoms with Crippen molar-refractivity contribution < 1.29 is 0 Å². The Hall–Kier alpha value is -0.0400. The molecule has 1 N–H and O–H groups in total. The van der Waals surface area contributed by atoms with Crippen LogP contribution in [0.2, 0.25) is 0 Å². The maximum atomic E-state index is 3.46. The van der Waals surface area contributed by atoms with Crippen LogP contribution in [0.3, 0.4) is 0 Å². The third-order valence-corrected chi connectivity index (χ3v) is 2.55. The van der Waals surface area contributed by atoms with Gasteiger partial charge in [-0.1, -0.05) is 20.8 Å². The highest BCUT2D eigenvalue weighted by Crippen LogP contribution is 2.49. The largest absolute Gasteiger partial charge is 0.316 e. The molecule has 0 aromatic heterocycles. The molecule has 1 heteroatoms. The topological polar surface area (TPSA) is 12.0 Å². The van der Waals surface area contributed by atoms with Gasteiger partial charge < -0.3 is 5.32 Å². The van der Waals surface area contributed by atoms with Crippen LogP contribution < -0.4 is 5.32 Å². The van der Waals surface area contributed by atoms with Crippen molar-refractivity contribution in [1.29, 1.82) is 0 Å². The molecule has 0 radical (unpaired) electrons. The van der Waals surface area contributed by atoms with Crippen molar-refractivity contribution in [2.45, 2.75) is 40.0 Å². The van der Waals surface area contributed by atoms with E-state index >= 15 is 0 Å². The van der Waals surface area contributed by atoms with Crippen molar-refractivity contribution in [3.63, 3.8) is 0 Å². The summed E-state index contributed by atoms with van der Waals surface area (Å²) in [7, 11) is 0. The highest BCUT2D eigenvalue weighted by atomic mass is 14.9. The van der Waals surface area contributed by atoms with Crippen molar-refractivity contribution in [3.8, 4) is 0 Å². The van der Waals surface area contributed by atoms with Crippen LogP contribution in [-0.2, 0) is 0 Å². The summed E-state index contributed by atoms with van der Waals surface area (Å²) >= 11 is 0. The zero-order valence-electron chi connectivity index (χ0n) is 8.11. The summed E-state index contributed by atoms with van der Waals surface area (Å²) in [4.78, 5) is 0. The Morgan fingerprint density at radius 1 is 1.36 bits per heavy atom. The molecule has 0 atom stereocenters. The summed E-state index contributed by atoms with van der Waals surface area (Å²) in [6, 6.07) is 0. The number of rotatable bonds is 5. The standard InChI is InChI=1S/C10H21N/c1-4-11-8-10(5-6-10)7-9(2)3/h9,11H,4-8H2,1-3H3. The van der Waals surface area contributed by atoms with E-state index in [4.69, 9.17) is 0 Å². The zero-order chi connectivity index (χ0) is 8.32. The summed E-state index contributed by atoms with van der Waals surface area (Å²) in [5.41, 5.74) is 0.712. The molecule has 0 bridgehead atoms. The molecule has 1 aliphatic carbocycles. The van der Waals surface area contributed by atoms with E-state index in [-0.39, 0.29) is 0 Å². The van der Waals surface area contributed by atoms with Gasteiger partial charge in [0, 0.05) is 6.54 Å². The maximum Gasteiger partial charge on any atom is 0.000780 e. The average molecular weight is 155 g/mol. The van der Waals surface area contributed by atoms with Gasteiger partial charge in [0.15, 0.2) is 0 Å². The lowest BCUT2D eigenvalue weighted by Gasteiger charge is -2.17. The minimum absolute atomic E-state index is 0.712. The van der Waals surface area contributed by atoms with Crippen molar-refractivity contribution in [2.75, 3.05) is 13.1 Å². The molecule has 11 heavy (non-hydrogen) atoms. The molecular formula is C10H21N. The van der Waals surface area contributed by atoms with E-state index in [0.717, 1.165) is 12.5 Å². The average Bonchev–Trinajstić information content (AvgIpc) is 2.64. The van der Waals surface area contributed by atoms with Crippen molar-refractivity contribution >= 4 is 0 Å². The van der Waals surface area contributed by atoms with E-state index in [1.165, 1.54) is 25.8 Å². The fraction of sp³-hybridized carbons (Fsp3) is 1.00. The van der Waals surface area contributed by atoms with Gasteiger partial charge in [0.05, 0.1) is 0 Å². The fourth-order valence-corrected chi connectivity index (χ4v) is 1.89. The summed E-state index contributed by atoms with van der Waals surface area (Å²) < 4.78 is 0. The fourth-order valence-electron chi connectivity index (χ4n) is 1.89. The zero-order valence-corrected chi connectivity index (χ0v) is 8.11. The van der Waals surface area contributed by atoms with Gasteiger partial charge in [-0.05, 0) is 37.1 Å². The minimum atomic E-state index is 0.712.